The van der Waals surface area contributed by atoms with E-state index in [1.54, 1.807) is 0 Å². The van der Waals surface area contributed by atoms with Crippen LogP contribution in [0.1, 0.15) is 11.4 Å². The SMILES string of the molecule is Cc1ccc2c(ccc3cc(S)ccc32)n1.Cc1ccc2c(ccc3cc(S)ccc32)n1.[Zn]. The second-order valence-electron chi connectivity index (χ2n) is 7.98. The molecule has 158 valence electrons. The fraction of sp³-hybridized carbons (Fsp3) is 0.0714. The molecule has 4 aromatic carbocycles. The van der Waals surface area contributed by atoms with Crippen molar-refractivity contribution in [3.63, 3.8) is 0 Å². The number of nitrogens with zero attached hydrogens (tertiary/aromatic N) is 2. The minimum Gasteiger partial charge on any atom is -0.253 e. The molecule has 0 spiro atoms. The molecule has 0 bridgehead atoms. The second-order valence-corrected chi connectivity index (χ2v) is 9.01. The number of aromatic nitrogens is 2. The van der Waals surface area contributed by atoms with Crippen LogP contribution in [0.2, 0.25) is 0 Å². The first-order valence-corrected chi connectivity index (χ1v) is 11.4. The molecule has 0 saturated carbocycles. The summed E-state index contributed by atoms with van der Waals surface area (Å²) in [5.41, 5.74) is 4.22. The molecule has 2 nitrogen and oxygen atoms in total. The Bertz CT molecular complexity index is 1390. The van der Waals surface area contributed by atoms with E-state index >= 15 is 0 Å². The summed E-state index contributed by atoms with van der Waals surface area (Å²) in [6, 6.07) is 29.1. The summed E-state index contributed by atoms with van der Waals surface area (Å²) in [6.45, 7) is 4.03. The van der Waals surface area contributed by atoms with Crippen LogP contribution in [0.15, 0.2) is 94.7 Å². The molecule has 5 heteroatoms. The monoisotopic (exact) mass is 514 g/mol. The topological polar surface area (TPSA) is 25.8 Å². The molecule has 2 aromatic heterocycles. The van der Waals surface area contributed by atoms with Gasteiger partial charge in [-0.25, -0.2) is 0 Å². The molecular weight excluding hydrogens is 494 g/mol. The fourth-order valence-electron chi connectivity index (χ4n) is 4.07. The number of hydrogen-bond donors (Lipinski definition) is 2. The van der Waals surface area contributed by atoms with E-state index in [1.807, 2.05) is 26.0 Å². The molecule has 0 unspecified atom stereocenters. The van der Waals surface area contributed by atoms with E-state index in [0.717, 1.165) is 32.2 Å². The summed E-state index contributed by atoms with van der Waals surface area (Å²) in [5.74, 6) is 0. The third kappa shape index (κ3) is 4.91. The molecule has 0 N–H and O–H groups in total. The summed E-state index contributed by atoms with van der Waals surface area (Å²) in [5, 5.41) is 7.31. The number of aryl methyl sites for hydroxylation is 2. The molecule has 0 saturated heterocycles. The smallest absolute Gasteiger partial charge is 0.0711 e. The Labute approximate surface area is 217 Å². The zero-order valence-electron chi connectivity index (χ0n) is 18.6. The molecule has 0 aliphatic heterocycles. The molecule has 2 heterocycles. The maximum absolute atomic E-state index is 4.53. The van der Waals surface area contributed by atoms with Gasteiger partial charge in [0.25, 0.3) is 0 Å². The summed E-state index contributed by atoms with van der Waals surface area (Å²) in [6.07, 6.45) is 0. The molecule has 0 aliphatic rings. The molecule has 0 amide bonds. The van der Waals surface area contributed by atoms with Crippen LogP contribution in [0.25, 0.3) is 43.4 Å². The summed E-state index contributed by atoms with van der Waals surface area (Å²) in [7, 11) is 0. The first-order chi connectivity index (χ1) is 15.5. The van der Waals surface area contributed by atoms with Gasteiger partial charge in [-0.1, -0.05) is 36.4 Å². The third-order valence-electron chi connectivity index (χ3n) is 5.62. The van der Waals surface area contributed by atoms with E-state index in [-0.39, 0.29) is 19.5 Å². The zero-order chi connectivity index (χ0) is 22.2. The van der Waals surface area contributed by atoms with Gasteiger partial charge in [0.05, 0.1) is 11.0 Å². The van der Waals surface area contributed by atoms with E-state index in [0.29, 0.717) is 0 Å². The quantitative estimate of drug-likeness (QED) is 0.122. The van der Waals surface area contributed by atoms with Crippen LogP contribution in [0.3, 0.4) is 0 Å². The Hall–Kier alpha value is -2.46. The van der Waals surface area contributed by atoms with Crippen LogP contribution < -0.4 is 0 Å². The van der Waals surface area contributed by atoms with Gasteiger partial charge in [-0.2, -0.15) is 0 Å². The van der Waals surface area contributed by atoms with Gasteiger partial charge in [0.2, 0.25) is 0 Å². The maximum atomic E-state index is 4.53. The van der Waals surface area contributed by atoms with Gasteiger partial charge in [-0.3, -0.25) is 9.97 Å². The van der Waals surface area contributed by atoms with E-state index < -0.39 is 0 Å². The van der Waals surface area contributed by atoms with E-state index in [9.17, 15) is 0 Å². The standard InChI is InChI=1S/2C14H11NS.Zn/c2*1-9-2-5-13-12-6-4-11(16)8-10(12)3-7-14(13)15-9;/h2*2-8,16H,1H3;. The number of pyridine rings is 2. The van der Waals surface area contributed by atoms with E-state index in [1.165, 1.54) is 32.3 Å². The van der Waals surface area contributed by atoms with Crippen molar-refractivity contribution in [2.45, 2.75) is 23.6 Å². The normalized spacial score (nSPS) is 10.8. The van der Waals surface area contributed by atoms with Crippen molar-refractivity contribution >= 4 is 68.6 Å². The predicted octanol–water partition coefficient (Wildman–Crippen LogP) is 7.97. The minimum atomic E-state index is 0. The molecule has 6 aromatic rings. The summed E-state index contributed by atoms with van der Waals surface area (Å²) < 4.78 is 0. The van der Waals surface area contributed by atoms with Crippen LogP contribution in [0.5, 0.6) is 0 Å². The van der Waals surface area contributed by atoms with Crippen LogP contribution in [-0.4, -0.2) is 9.97 Å². The Kier molecular flexibility index (Phi) is 7.04. The van der Waals surface area contributed by atoms with Crippen LogP contribution >= 0.6 is 25.3 Å². The van der Waals surface area contributed by atoms with E-state index in [2.05, 4.69) is 108 Å². The van der Waals surface area contributed by atoms with Crippen molar-refractivity contribution in [1.29, 1.82) is 0 Å². The molecular formula is C28H22N2S2Zn. The van der Waals surface area contributed by atoms with Gasteiger partial charge >= 0.3 is 0 Å². The summed E-state index contributed by atoms with van der Waals surface area (Å²) >= 11 is 8.71. The molecule has 6 rings (SSSR count). The van der Waals surface area contributed by atoms with Gasteiger partial charge < -0.3 is 0 Å². The Balaban J connectivity index is 0.000000152. The van der Waals surface area contributed by atoms with Crippen LogP contribution in [0.4, 0.5) is 0 Å². The van der Waals surface area contributed by atoms with Crippen molar-refractivity contribution in [2.24, 2.45) is 0 Å². The molecule has 33 heavy (non-hydrogen) atoms. The third-order valence-corrected chi connectivity index (χ3v) is 6.18. The molecule has 0 radical (unpaired) electrons. The van der Waals surface area contributed by atoms with Gasteiger partial charge in [-0.05, 0) is 83.9 Å². The van der Waals surface area contributed by atoms with Crippen molar-refractivity contribution in [3.8, 4) is 0 Å². The average Bonchev–Trinajstić information content (AvgIpc) is 2.78. The first kappa shape index (κ1) is 23.7. The number of thiol groups is 2. The molecule has 0 fully saturated rings. The number of benzene rings is 4. The summed E-state index contributed by atoms with van der Waals surface area (Å²) in [4.78, 5) is 11.0. The van der Waals surface area contributed by atoms with Gasteiger partial charge in [0.15, 0.2) is 0 Å². The van der Waals surface area contributed by atoms with Crippen molar-refractivity contribution in [3.05, 3.63) is 96.3 Å². The fourth-order valence-corrected chi connectivity index (χ4v) is 4.49. The Morgan fingerprint density at radius 3 is 1.30 bits per heavy atom. The zero-order valence-corrected chi connectivity index (χ0v) is 23.3. The second kappa shape index (κ2) is 9.81. The molecule has 0 atom stereocenters. The van der Waals surface area contributed by atoms with Crippen LogP contribution in [-0.2, 0) is 19.5 Å². The van der Waals surface area contributed by atoms with Crippen molar-refractivity contribution in [2.75, 3.05) is 0 Å². The van der Waals surface area contributed by atoms with Gasteiger partial charge in [0.1, 0.15) is 0 Å². The maximum Gasteiger partial charge on any atom is 0.0711 e. The van der Waals surface area contributed by atoms with E-state index in [4.69, 9.17) is 0 Å². The number of fused-ring (bicyclic) bond motifs is 6. The average molecular weight is 516 g/mol. The number of rotatable bonds is 0. The Morgan fingerprint density at radius 2 is 0.879 bits per heavy atom. The largest absolute Gasteiger partial charge is 0.253 e. The molecule has 0 aliphatic carbocycles. The first-order valence-electron chi connectivity index (χ1n) is 10.5. The van der Waals surface area contributed by atoms with Crippen molar-refractivity contribution in [1.82, 2.24) is 9.97 Å². The number of hydrogen-bond acceptors (Lipinski definition) is 4. The van der Waals surface area contributed by atoms with Crippen LogP contribution in [0, 0.1) is 13.8 Å². The van der Waals surface area contributed by atoms with Crippen molar-refractivity contribution < 1.29 is 19.5 Å². The minimum absolute atomic E-state index is 0. The predicted molar refractivity (Wildman–Crippen MR) is 142 cm³/mol. The van der Waals surface area contributed by atoms with Gasteiger partial charge in [-0.15, -0.1) is 25.3 Å². The Morgan fingerprint density at radius 1 is 0.485 bits per heavy atom. The van der Waals surface area contributed by atoms with Gasteiger partial charge in [0, 0.05) is 51.4 Å².